The van der Waals surface area contributed by atoms with E-state index in [1.54, 1.807) is 7.05 Å². The number of hydrogen-bond donors (Lipinski definition) is 0. The van der Waals surface area contributed by atoms with E-state index in [4.69, 9.17) is 9.31 Å². The first kappa shape index (κ1) is 17.4. The number of carbonyl (C=O) groups excluding carboxylic acids is 1. The van der Waals surface area contributed by atoms with Gasteiger partial charge in [-0.25, -0.2) is 8.78 Å². The van der Waals surface area contributed by atoms with Crippen LogP contribution in [0.4, 0.5) is 8.78 Å². The number of hydrogen-bond acceptors (Lipinski definition) is 3. The summed E-state index contributed by atoms with van der Waals surface area (Å²) in [4.78, 5) is 13.9. The lowest BCUT2D eigenvalue weighted by atomic mass is 9.77. The van der Waals surface area contributed by atoms with E-state index in [-0.39, 0.29) is 11.5 Å². The lowest BCUT2D eigenvalue weighted by molar-refractivity contribution is 0.00578. The second kappa shape index (κ2) is 5.53. The second-order valence-electron chi connectivity index (χ2n) is 7.56. The van der Waals surface area contributed by atoms with Crippen molar-refractivity contribution in [2.24, 2.45) is 0 Å². The van der Waals surface area contributed by atoms with Crippen LogP contribution in [-0.4, -0.2) is 42.2 Å². The van der Waals surface area contributed by atoms with E-state index in [0.29, 0.717) is 0 Å². The Balaban J connectivity index is 1.97. The highest BCUT2D eigenvalue weighted by Crippen LogP contribution is 2.37. The van der Waals surface area contributed by atoms with Crippen molar-refractivity contribution in [2.75, 3.05) is 7.05 Å². The van der Waals surface area contributed by atoms with E-state index >= 15 is 0 Å². The molecule has 3 rings (SSSR count). The Morgan fingerprint density at radius 1 is 1.17 bits per heavy atom. The Bertz CT molecular complexity index is 673. The van der Waals surface area contributed by atoms with Crippen LogP contribution >= 0.6 is 0 Å². The monoisotopic (exact) mass is 337 g/mol. The number of benzene rings is 1. The molecule has 1 aliphatic carbocycles. The zero-order chi connectivity index (χ0) is 17.9. The van der Waals surface area contributed by atoms with Crippen LogP contribution < -0.4 is 5.46 Å². The molecule has 0 unspecified atom stereocenters. The van der Waals surface area contributed by atoms with Gasteiger partial charge in [-0.15, -0.1) is 0 Å². The molecule has 1 amide bonds. The number of carbonyl (C=O) groups is 1. The molecule has 1 aromatic rings. The summed E-state index contributed by atoms with van der Waals surface area (Å²) in [6, 6.07) is 2.44. The Kier molecular flexibility index (Phi) is 4.00. The molecule has 7 heteroatoms. The third-order valence-electron chi connectivity index (χ3n) is 5.26. The van der Waals surface area contributed by atoms with Gasteiger partial charge in [0.15, 0.2) is 0 Å². The maximum Gasteiger partial charge on any atom is 0.497 e. The van der Waals surface area contributed by atoms with Crippen LogP contribution in [0.2, 0.25) is 0 Å². The molecular formula is C17H22BF2NO3. The molecule has 2 aliphatic rings. The Morgan fingerprint density at radius 3 is 2.21 bits per heavy atom. The van der Waals surface area contributed by atoms with Gasteiger partial charge in [0.1, 0.15) is 17.2 Å². The number of amides is 1. The molecule has 1 heterocycles. The van der Waals surface area contributed by atoms with Crippen LogP contribution in [0.3, 0.4) is 0 Å². The average Bonchev–Trinajstić information content (AvgIpc) is 3.26. The van der Waals surface area contributed by atoms with E-state index in [1.165, 1.54) is 11.0 Å². The predicted molar refractivity (Wildman–Crippen MR) is 87.2 cm³/mol. The van der Waals surface area contributed by atoms with Gasteiger partial charge in [-0.3, -0.25) is 4.79 Å². The predicted octanol–water partition coefficient (Wildman–Crippen LogP) is 2.50. The van der Waals surface area contributed by atoms with Crippen molar-refractivity contribution in [3.63, 3.8) is 0 Å². The van der Waals surface area contributed by atoms with Crippen molar-refractivity contribution >= 4 is 18.5 Å². The minimum atomic E-state index is -0.978. The van der Waals surface area contributed by atoms with Crippen molar-refractivity contribution in [1.82, 2.24) is 4.90 Å². The zero-order valence-corrected chi connectivity index (χ0v) is 14.7. The molecule has 0 bridgehead atoms. The van der Waals surface area contributed by atoms with Crippen molar-refractivity contribution in [3.8, 4) is 0 Å². The molecule has 1 saturated heterocycles. The Morgan fingerprint density at radius 2 is 1.71 bits per heavy atom. The number of halogens is 2. The van der Waals surface area contributed by atoms with Gasteiger partial charge in [-0.1, -0.05) is 6.07 Å². The molecule has 0 radical (unpaired) electrons. The Labute approximate surface area is 141 Å². The van der Waals surface area contributed by atoms with Gasteiger partial charge in [-0.2, -0.15) is 0 Å². The highest BCUT2D eigenvalue weighted by atomic mass is 19.1. The fourth-order valence-electron chi connectivity index (χ4n) is 2.72. The quantitative estimate of drug-likeness (QED) is 0.796. The summed E-state index contributed by atoms with van der Waals surface area (Å²) in [5.74, 6) is -2.43. The topological polar surface area (TPSA) is 38.8 Å². The van der Waals surface area contributed by atoms with E-state index in [9.17, 15) is 13.6 Å². The summed E-state index contributed by atoms with van der Waals surface area (Å²) >= 11 is 0. The van der Waals surface area contributed by atoms with Crippen LogP contribution in [0.25, 0.3) is 0 Å². The van der Waals surface area contributed by atoms with E-state index in [2.05, 4.69) is 0 Å². The first-order valence-corrected chi connectivity index (χ1v) is 8.16. The van der Waals surface area contributed by atoms with Crippen LogP contribution in [-0.2, 0) is 9.31 Å². The lowest BCUT2D eigenvalue weighted by Crippen LogP contribution is -2.41. The van der Waals surface area contributed by atoms with Crippen LogP contribution in [0, 0.1) is 11.6 Å². The van der Waals surface area contributed by atoms with Gasteiger partial charge < -0.3 is 14.2 Å². The van der Waals surface area contributed by atoms with Gasteiger partial charge in [0, 0.05) is 18.6 Å². The highest BCUT2D eigenvalue weighted by Gasteiger charge is 2.53. The number of rotatable bonds is 3. The summed E-state index contributed by atoms with van der Waals surface area (Å²) in [6.45, 7) is 7.39. The lowest BCUT2D eigenvalue weighted by Gasteiger charge is -2.32. The first-order chi connectivity index (χ1) is 11.0. The standard InChI is InChI=1S/C17H22BF2NO3/c1-16(2)17(3,4)24-18(23-16)11-8-9-12(19)13(14(11)20)15(22)21(5)10-6-7-10/h8-10H,6-7H2,1-5H3. The van der Waals surface area contributed by atoms with Crippen LogP contribution in [0.15, 0.2) is 12.1 Å². The second-order valence-corrected chi connectivity index (χ2v) is 7.56. The maximum atomic E-state index is 14.9. The molecule has 1 aliphatic heterocycles. The van der Waals surface area contributed by atoms with Crippen LogP contribution in [0.5, 0.6) is 0 Å². The molecule has 0 spiro atoms. The fraction of sp³-hybridized carbons (Fsp3) is 0.588. The normalized spacial score (nSPS) is 21.9. The van der Waals surface area contributed by atoms with Gasteiger partial charge in [0.2, 0.25) is 0 Å². The summed E-state index contributed by atoms with van der Waals surface area (Å²) in [7, 11) is 0.591. The zero-order valence-electron chi connectivity index (χ0n) is 14.7. The van der Waals surface area contributed by atoms with Crippen molar-refractivity contribution < 1.29 is 22.9 Å². The van der Waals surface area contributed by atoms with Gasteiger partial charge >= 0.3 is 7.12 Å². The van der Waals surface area contributed by atoms with E-state index in [1.807, 2.05) is 27.7 Å². The molecule has 2 fully saturated rings. The largest absolute Gasteiger partial charge is 0.497 e. The van der Waals surface area contributed by atoms with Gasteiger partial charge in [0.05, 0.1) is 11.2 Å². The minimum Gasteiger partial charge on any atom is -0.399 e. The molecule has 0 N–H and O–H groups in total. The van der Waals surface area contributed by atoms with Crippen molar-refractivity contribution in [3.05, 3.63) is 29.3 Å². The third-order valence-corrected chi connectivity index (χ3v) is 5.26. The SMILES string of the molecule is CN(C(=O)c1c(F)ccc(B2OC(C)(C)C(C)(C)O2)c1F)C1CC1. The average molecular weight is 337 g/mol. The molecule has 4 nitrogen and oxygen atoms in total. The molecule has 0 aromatic heterocycles. The summed E-state index contributed by atoms with van der Waals surface area (Å²) < 4.78 is 40.7. The van der Waals surface area contributed by atoms with Crippen molar-refractivity contribution in [1.29, 1.82) is 0 Å². The molecule has 1 saturated carbocycles. The molecule has 0 atom stereocenters. The van der Waals surface area contributed by atoms with E-state index < -0.39 is 41.4 Å². The minimum absolute atomic E-state index is 0.0441. The fourth-order valence-corrected chi connectivity index (χ4v) is 2.72. The summed E-state index contributed by atoms with van der Waals surface area (Å²) in [5.41, 5.74) is -1.79. The third kappa shape index (κ3) is 2.73. The number of nitrogens with zero attached hydrogens (tertiary/aromatic N) is 1. The molecule has 24 heavy (non-hydrogen) atoms. The van der Waals surface area contributed by atoms with Gasteiger partial charge in [-0.05, 0) is 46.6 Å². The molecular weight excluding hydrogens is 315 g/mol. The molecule has 1 aromatic carbocycles. The van der Waals surface area contributed by atoms with Crippen molar-refractivity contribution in [2.45, 2.75) is 57.8 Å². The highest BCUT2D eigenvalue weighted by molar-refractivity contribution is 6.62. The first-order valence-electron chi connectivity index (χ1n) is 8.16. The van der Waals surface area contributed by atoms with Gasteiger partial charge in [0.25, 0.3) is 5.91 Å². The van der Waals surface area contributed by atoms with Crippen LogP contribution in [0.1, 0.15) is 50.9 Å². The smallest absolute Gasteiger partial charge is 0.399 e. The van der Waals surface area contributed by atoms with E-state index in [0.717, 1.165) is 18.9 Å². The maximum absolute atomic E-state index is 14.9. The Hall–Kier alpha value is -1.47. The summed E-state index contributed by atoms with van der Waals surface area (Å²) in [5, 5.41) is 0. The molecule has 130 valence electrons. The summed E-state index contributed by atoms with van der Waals surface area (Å²) in [6.07, 6.45) is 1.73.